The largest absolute Gasteiger partial charge is 0.456 e. The average Bonchev–Trinajstić information content (AvgIpc) is 3.83. The normalized spacial score (nSPS) is 12.0. The van der Waals surface area contributed by atoms with Gasteiger partial charge in [0.1, 0.15) is 22.3 Å². The first-order chi connectivity index (χ1) is 24.8. The van der Waals surface area contributed by atoms with Crippen LogP contribution in [0.25, 0.3) is 82.1 Å². The van der Waals surface area contributed by atoms with E-state index in [1.807, 2.05) is 12.1 Å². The van der Waals surface area contributed by atoms with Crippen LogP contribution in [0.1, 0.15) is 0 Å². The van der Waals surface area contributed by atoms with Gasteiger partial charge in [0.15, 0.2) is 0 Å². The molecular weight excluding hydrogens is 613 g/mol. The van der Waals surface area contributed by atoms with Gasteiger partial charge in [-0.2, -0.15) is 0 Å². The number of fused-ring (bicyclic) bond motifs is 10. The molecule has 0 saturated carbocycles. The minimum absolute atomic E-state index is 0.849. The molecule has 4 nitrogen and oxygen atoms in total. The van der Waals surface area contributed by atoms with Gasteiger partial charge in [-0.1, -0.05) is 84.9 Å². The Labute approximate surface area is 286 Å². The maximum Gasteiger partial charge on any atom is 0.137 e. The second-order valence-electron chi connectivity index (χ2n) is 13.0. The zero-order valence-corrected chi connectivity index (χ0v) is 26.9. The molecule has 0 bridgehead atoms. The Morgan fingerprint density at radius 2 is 0.960 bits per heavy atom. The number of nitrogens with zero attached hydrogens (tertiary/aromatic N) is 2. The van der Waals surface area contributed by atoms with Gasteiger partial charge in [-0.15, -0.1) is 0 Å². The molecule has 0 radical (unpaired) electrons. The molecule has 0 atom stereocenters. The molecule has 0 fully saturated rings. The monoisotopic (exact) mass is 640 g/mol. The van der Waals surface area contributed by atoms with Crippen molar-refractivity contribution in [2.24, 2.45) is 0 Å². The Morgan fingerprint density at radius 3 is 1.76 bits per heavy atom. The quantitative estimate of drug-likeness (QED) is 0.192. The van der Waals surface area contributed by atoms with Crippen molar-refractivity contribution in [2.75, 3.05) is 4.90 Å². The van der Waals surface area contributed by atoms with Crippen molar-refractivity contribution >= 4 is 93.5 Å². The lowest BCUT2D eigenvalue weighted by molar-refractivity contribution is 0.669. The standard InChI is InChI=1S/C46H28N2O2/c1-2-13-31(14-3-1)48-39-17-8-6-16-37(39)46-40(18-10-19-41(46)48)47(32-21-23-35-34-15-7-9-20-42(34)49-44(35)27-32)33-22-24-36-38-25-29-11-4-5-12-30(29)26-43(38)50-45(36)28-33/h1-28H. The summed E-state index contributed by atoms with van der Waals surface area (Å²) >= 11 is 0. The zero-order valence-electron chi connectivity index (χ0n) is 26.9. The van der Waals surface area contributed by atoms with Gasteiger partial charge in [0.25, 0.3) is 0 Å². The van der Waals surface area contributed by atoms with Crippen molar-refractivity contribution in [3.8, 4) is 5.69 Å². The summed E-state index contributed by atoms with van der Waals surface area (Å²) in [4.78, 5) is 2.35. The zero-order chi connectivity index (χ0) is 32.8. The van der Waals surface area contributed by atoms with Gasteiger partial charge in [-0.25, -0.2) is 0 Å². The van der Waals surface area contributed by atoms with Crippen molar-refractivity contribution in [3.63, 3.8) is 0 Å². The van der Waals surface area contributed by atoms with E-state index >= 15 is 0 Å². The molecule has 11 aromatic rings. The van der Waals surface area contributed by atoms with Crippen LogP contribution >= 0.6 is 0 Å². The molecule has 11 rings (SSSR count). The first-order valence-electron chi connectivity index (χ1n) is 16.9. The summed E-state index contributed by atoms with van der Waals surface area (Å²) in [6.07, 6.45) is 0. The Balaban J connectivity index is 1.20. The minimum atomic E-state index is 0.849. The third-order valence-electron chi connectivity index (χ3n) is 10.1. The smallest absolute Gasteiger partial charge is 0.137 e. The predicted molar refractivity (Wildman–Crippen MR) is 208 cm³/mol. The Kier molecular flexibility index (Phi) is 5.63. The highest BCUT2D eigenvalue weighted by Crippen LogP contribution is 2.46. The summed E-state index contributed by atoms with van der Waals surface area (Å²) in [7, 11) is 0. The molecule has 8 aromatic carbocycles. The van der Waals surface area contributed by atoms with Gasteiger partial charge in [0, 0.05) is 61.5 Å². The Morgan fingerprint density at radius 1 is 0.380 bits per heavy atom. The number of rotatable bonds is 4. The third kappa shape index (κ3) is 3.93. The van der Waals surface area contributed by atoms with Gasteiger partial charge >= 0.3 is 0 Å². The molecule has 0 saturated heterocycles. The first-order valence-corrected chi connectivity index (χ1v) is 16.9. The molecule has 0 aliphatic rings. The highest BCUT2D eigenvalue weighted by molar-refractivity contribution is 6.17. The summed E-state index contributed by atoms with van der Waals surface area (Å²) in [5.41, 5.74) is 9.98. The van der Waals surface area contributed by atoms with Crippen LogP contribution in [0.15, 0.2) is 179 Å². The average molecular weight is 641 g/mol. The van der Waals surface area contributed by atoms with Crippen molar-refractivity contribution in [2.45, 2.75) is 0 Å². The lowest BCUT2D eigenvalue weighted by Crippen LogP contribution is -2.10. The van der Waals surface area contributed by atoms with E-state index in [0.29, 0.717) is 0 Å². The van der Waals surface area contributed by atoms with Crippen LogP contribution in [0.4, 0.5) is 17.1 Å². The maximum absolute atomic E-state index is 6.60. The number of benzene rings is 8. The Hall–Kier alpha value is -6.78. The molecule has 0 amide bonds. The maximum atomic E-state index is 6.60. The summed E-state index contributed by atoms with van der Waals surface area (Å²) in [5.74, 6) is 0. The fraction of sp³-hybridized carbons (Fsp3) is 0. The summed E-state index contributed by atoms with van der Waals surface area (Å²) < 4.78 is 15.4. The molecule has 4 heteroatoms. The SMILES string of the molecule is c1ccc(-n2c3ccccc3c3c(N(c4ccc5c(c4)oc4ccccc45)c4ccc5c(c4)oc4cc6ccccc6cc45)cccc32)cc1. The summed E-state index contributed by atoms with van der Waals surface area (Å²) in [5, 5.41) is 9.17. The van der Waals surface area contributed by atoms with Gasteiger partial charge < -0.3 is 18.3 Å². The fourth-order valence-corrected chi connectivity index (χ4v) is 7.91. The Bertz CT molecular complexity index is 3110. The second kappa shape index (κ2) is 10.4. The minimum Gasteiger partial charge on any atom is -0.456 e. The van der Waals surface area contributed by atoms with Crippen molar-refractivity contribution < 1.29 is 8.83 Å². The van der Waals surface area contributed by atoms with Gasteiger partial charge in [0.05, 0.1) is 16.7 Å². The molecule has 0 aliphatic carbocycles. The third-order valence-corrected chi connectivity index (χ3v) is 10.1. The highest BCUT2D eigenvalue weighted by atomic mass is 16.3. The number of anilines is 3. The lowest BCUT2D eigenvalue weighted by atomic mass is 10.0. The first kappa shape index (κ1) is 27.2. The number of hydrogen-bond donors (Lipinski definition) is 0. The van der Waals surface area contributed by atoms with E-state index in [9.17, 15) is 0 Å². The number of aromatic nitrogens is 1. The molecule has 0 unspecified atom stereocenters. The van der Waals surface area contributed by atoms with Crippen LogP contribution in [0.5, 0.6) is 0 Å². The fourth-order valence-electron chi connectivity index (χ4n) is 7.91. The van der Waals surface area contributed by atoms with E-state index < -0.39 is 0 Å². The van der Waals surface area contributed by atoms with Crippen LogP contribution in [0.3, 0.4) is 0 Å². The van der Waals surface area contributed by atoms with Crippen molar-refractivity contribution in [1.29, 1.82) is 0 Å². The molecule has 0 spiro atoms. The summed E-state index contributed by atoms with van der Waals surface area (Å²) in [6, 6.07) is 60.1. The molecular formula is C46H28N2O2. The number of hydrogen-bond acceptors (Lipinski definition) is 3. The van der Waals surface area contributed by atoms with Gasteiger partial charge in [-0.3, -0.25) is 0 Å². The molecule has 0 N–H and O–H groups in total. The van der Waals surface area contributed by atoms with E-state index in [4.69, 9.17) is 8.83 Å². The van der Waals surface area contributed by atoms with Crippen LogP contribution in [0, 0.1) is 0 Å². The van der Waals surface area contributed by atoms with Crippen molar-refractivity contribution in [1.82, 2.24) is 4.57 Å². The molecule has 3 aromatic heterocycles. The number of para-hydroxylation sites is 3. The van der Waals surface area contributed by atoms with Crippen LogP contribution in [-0.4, -0.2) is 4.57 Å². The summed E-state index contributed by atoms with van der Waals surface area (Å²) in [6.45, 7) is 0. The van der Waals surface area contributed by atoms with E-state index in [0.717, 1.165) is 77.7 Å². The van der Waals surface area contributed by atoms with Crippen LogP contribution in [0.2, 0.25) is 0 Å². The van der Waals surface area contributed by atoms with E-state index in [1.165, 1.54) is 21.5 Å². The molecule has 50 heavy (non-hydrogen) atoms. The van der Waals surface area contributed by atoms with Crippen LogP contribution < -0.4 is 4.90 Å². The number of furan rings is 2. The second-order valence-corrected chi connectivity index (χ2v) is 13.0. The van der Waals surface area contributed by atoms with E-state index in [2.05, 4.69) is 167 Å². The lowest BCUT2D eigenvalue weighted by Gasteiger charge is -2.26. The van der Waals surface area contributed by atoms with Crippen LogP contribution in [-0.2, 0) is 0 Å². The van der Waals surface area contributed by atoms with Gasteiger partial charge in [0.2, 0.25) is 0 Å². The predicted octanol–water partition coefficient (Wildman–Crippen LogP) is 13.2. The highest BCUT2D eigenvalue weighted by Gasteiger charge is 2.23. The topological polar surface area (TPSA) is 34.5 Å². The molecule has 0 aliphatic heterocycles. The van der Waals surface area contributed by atoms with E-state index in [1.54, 1.807) is 0 Å². The molecule has 234 valence electrons. The van der Waals surface area contributed by atoms with Crippen molar-refractivity contribution in [3.05, 3.63) is 170 Å². The van der Waals surface area contributed by atoms with Gasteiger partial charge in [-0.05, 0) is 83.6 Å². The van der Waals surface area contributed by atoms with E-state index in [-0.39, 0.29) is 0 Å². The molecule has 3 heterocycles.